The molecule has 6 heteroatoms. The molecular weight excluding hydrogens is 314 g/mol. The Bertz CT molecular complexity index is 900. The summed E-state index contributed by atoms with van der Waals surface area (Å²) in [5.41, 5.74) is 11.3. The summed E-state index contributed by atoms with van der Waals surface area (Å²) in [6.07, 6.45) is 5.57. The first-order chi connectivity index (χ1) is 12.3. The van der Waals surface area contributed by atoms with Crippen LogP contribution in [-0.4, -0.2) is 22.6 Å². The average molecular weight is 333 g/mol. The number of nitrogens with two attached hydrogens (primary N) is 1. The zero-order valence-corrected chi connectivity index (χ0v) is 13.6. The van der Waals surface area contributed by atoms with Crippen molar-refractivity contribution in [3.8, 4) is 11.1 Å². The molecule has 0 spiro atoms. The molecule has 126 valence electrons. The molecule has 1 aromatic rings. The lowest BCUT2D eigenvalue weighted by Crippen LogP contribution is -2.33. The summed E-state index contributed by atoms with van der Waals surface area (Å²) in [7, 11) is 0. The number of nitrogens with zero attached hydrogens (tertiary/aromatic N) is 1. The molecule has 1 aromatic carbocycles. The van der Waals surface area contributed by atoms with Gasteiger partial charge in [0.15, 0.2) is 0 Å². The van der Waals surface area contributed by atoms with E-state index in [1.165, 1.54) is 0 Å². The molecule has 0 aromatic heterocycles. The van der Waals surface area contributed by atoms with Gasteiger partial charge in [-0.1, -0.05) is 30.3 Å². The van der Waals surface area contributed by atoms with E-state index in [0.29, 0.717) is 18.7 Å². The lowest BCUT2D eigenvalue weighted by atomic mass is 10.0. The smallest absolute Gasteiger partial charge is 0.252 e. The van der Waals surface area contributed by atoms with Crippen molar-refractivity contribution in [1.82, 2.24) is 20.8 Å². The number of hydrogen-bond acceptors (Lipinski definition) is 4. The van der Waals surface area contributed by atoms with Crippen LogP contribution in [0.4, 0.5) is 0 Å². The summed E-state index contributed by atoms with van der Waals surface area (Å²) in [5.74, 6) is -0.125. The van der Waals surface area contributed by atoms with Gasteiger partial charge in [-0.05, 0) is 29.5 Å². The summed E-state index contributed by atoms with van der Waals surface area (Å²) in [5, 5.41) is 13.4. The molecule has 1 atom stereocenters. The fourth-order valence-electron chi connectivity index (χ4n) is 3.27. The molecule has 1 amide bonds. The van der Waals surface area contributed by atoms with Crippen molar-refractivity contribution in [2.75, 3.05) is 6.54 Å². The lowest BCUT2D eigenvalue weighted by molar-refractivity contribution is 0.0937. The third kappa shape index (κ3) is 2.77. The molecule has 0 bridgehead atoms. The Morgan fingerprint density at radius 3 is 2.96 bits per heavy atom. The van der Waals surface area contributed by atoms with Gasteiger partial charge in [-0.2, -0.15) is 5.10 Å². The Kier molecular flexibility index (Phi) is 3.95. The van der Waals surface area contributed by atoms with Crippen LogP contribution >= 0.6 is 0 Å². The topological polar surface area (TPSA) is 95.8 Å². The van der Waals surface area contributed by atoms with Crippen molar-refractivity contribution in [1.29, 1.82) is 0 Å². The van der Waals surface area contributed by atoms with E-state index in [-0.39, 0.29) is 11.9 Å². The van der Waals surface area contributed by atoms with Gasteiger partial charge in [0.05, 0.1) is 11.7 Å². The molecule has 4 rings (SSSR count). The summed E-state index contributed by atoms with van der Waals surface area (Å²) in [6.45, 7) is 0.922. The van der Waals surface area contributed by atoms with Gasteiger partial charge in [0.2, 0.25) is 0 Å². The summed E-state index contributed by atoms with van der Waals surface area (Å²) >= 11 is 0. The number of aromatic amines is 1. The molecule has 2 aliphatic heterocycles. The number of amides is 1. The lowest BCUT2D eigenvalue weighted by Gasteiger charge is -2.17. The molecule has 0 radical (unpaired) electrons. The van der Waals surface area contributed by atoms with E-state index in [1.54, 1.807) is 0 Å². The normalized spacial score (nSPS) is 14.0. The molecule has 25 heavy (non-hydrogen) atoms. The second-order valence-corrected chi connectivity index (χ2v) is 6.02. The van der Waals surface area contributed by atoms with Crippen molar-refractivity contribution in [2.45, 2.75) is 12.6 Å². The highest BCUT2D eigenvalue weighted by molar-refractivity contribution is 6.01. The van der Waals surface area contributed by atoms with Crippen LogP contribution in [0.1, 0.15) is 33.2 Å². The van der Waals surface area contributed by atoms with Crippen molar-refractivity contribution >= 4 is 12.0 Å². The first kappa shape index (κ1) is 15.4. The van der Waals surface area contributed by atoms with Crippen molar-refractivity contribution in [3.05, 3.63) is 71.2 Å². The number of nitrogens with one attached hydrogen (secondary N) is 3. The van der Waals surface area contributed by atoms with Crippen molar-refractivity contribution in [3.63, 3.8) is 0 Å². The van der Waals surface area contributed by atoms with Crippen LogP contribution in [-0.2, 0) is 6.54 Å². The highest BCUT2D eigenvalue weighted by atomic mass is 16.1. The predicted octanol–water partition coefficient (Wildman–Crippen LogP) is 2.02. The monoisotopic (exact) mass is 333 g/mol. The molecule has 2 heterocycles. The predicted molar refractivity (Wildman–Crippen MR) is 96.8 cm³/mol. The van der Waals surface area contributed by atoms with Crippen LogP contribution in [0.5, 0.6) is 0 Å². The van der Waals surface area contributed by atoms with Gasteiger partial charge in [0, 0.05) is 36.0 Å². The third-order valence-electron chi connectivity index (χ3n) is 4.50. The maximum atomic E-state index is 12.9. The number of hydrogen-bond donors (Lipinski definition) is 4. The standard InChI is InChI=1S/C19H19N5O/c20-9-17(12-4-2-1-3-5-12)23-19(25)14-8-13-10-22-24-16-6-7-21-11-15(14)18(13)16/h1-8,10,17,21-22H,9,11,20H2,(H,23,25)/t17-/m1/s1. The van der Waals surface area contributed by atoms with Crippen molar-refractivity contribution in [2.24, 2.45) is 5.73 Å². The second kappa shape index (κ2) is 6.41. The molecular formula is C19H19N5O. The zero-order chi connectivity index (χ0) is 17.2. The van der Waals surface area contributed by atoms with Crippen LogP contribution in [0.2, 0.25) is 0 Å². The molecule has 3 aliphatic rings. The molecule has 5 N–H and O–H groups in total. The maximum Gasteiger partial charge on any atom is 0.252 e. The van der Waals surface area contributed by atoms with Crippen LogP contribution in [0.25, 0.3) is 17.2 Å². The molecule has 0 saturated heterocycles. The fraction of sp³-hybridized carbons (Fsp3) is 0.158. The van der Waals surface area contributed by atoms with Crippen molar-refractivity contribution < 1.29 is 4.79 Å². The number of carbonyl (C=O) groups excluding carboxylic acids is 1. The van der Waals surface area contributed by atoms with E-state index >= 15 is 0 Å². The Balaban J connectivity index is 1.69. The molecule has 6 nitrogen and oxygen atoms in total. The fourth-order valence-corrected chi connectivity index (χ4v) is 3.27. The highest BCUT2D eigenvalue weighted by Crippen LogP contribution is 2.35. The van der Waals surface area contributed by atoms with Gasteiger partial charge >= 0.3 is 0 Å². The summed E-state index contributed by atoms with van der Waals surface area (Å²) in [4.78, 5) is 12.9. The van der Waals surface area contributed by atoms with Gasteiger partial charge in [0.25, 0.3) is 5.91 Å². The Morgan fingerprint density at radius 1 is 1.32 bits per heavy atom. The maximum absolute atomic E-state index is 12.9. The minimum Gasteiger partial charge on any atom is -0.387 e. The van der Waals surface area contributed by atoms with Gasteiger partial charge in [-0.25, -0.2) is 0 Å². The largest absolute Gasteiger partial charge is 0.387 e. The second-order valence-electron chi connectivity index (χ2n) is 6.02. The van der Waals surface area contributed by atoms with Crippen LogP contribution in [0.15, 0.2) is 48.8 Å². The number of rotatable bonds is 4. The molecule has 0 unspecified atom stereocenters. The molecule has 1 aliphatic carbocycles. The van der Waals surface area contributed by atoms with E-state index in [9.17, 15) is 4.79 Å². The van der Waals surface area contributed by atoms with E-state index in [1.807, 2.05) is 54.9 Å². The first-order valence-corrected chi connectivity index (χ1v) is 8.23. The highest BCUT2D eigenvalue weighted by Gasteiger charge is 2.25. The van der Waals surface area contributed by atoms with E-state index < -0.39 is 0 Å². The summed E-state index contributed by atoms with van der Waals surface area (Å²) < 4.78 is 0. The Morgan fingerprint density at radius 2 is 2.16 bits per heavy atom. The van der Waals surface area contributed by atoms with Gasteiger partial charge in [-0.3, -0.25) is 9.89 Å². The summed E-state index contributed by atoms with van der Waals surface area (Å²) in [6, 6.07) is 11.4. The van der Waals surface area contributed by atoms with Crippen LogP contribution < -0.4 is 16.4 Å². The van der Waals surface area contributed by atoms with Gasteiger partial charge in [-0.15, -0.1) is 0 Å². The Hall–Kier alpha value is -3.12. The first-order valence-electron chi connectivity index (χ1n) is 8.23. The van der Waals surface area contributed by atoms with Gasteiger partial charge < -0.3 is 16.4 Å². The van der Waals surface area contributed by atoms with E-state index in [4.69, 9.17) is 5.73 Å². The number of carbonyl (C=O) groups is 1. The molecule has 0 saturated carbocycles. The van der Waals surface area contributed by atoms with E-state index in [2.05, 4.69) is 20.8 Å². The zero-order valence-electron chi connectivity index (χ0n) is 13.6. The number of aromatic nitrogens is 2. The quantitative estimate of drug-likeness (QED) is 0.587. The SMILES string of the molecule is NC[C@@H](NC(=O)c1cc2c[nH]nc3c-2c1CNC=C3)c1ccccc1. The number of H-pyrrole nitrogens is 1. The van der Waals surface area contributed by atoms with Gasteiger partial charge in [0.1, 0.15) is 0 Å². The minimum absolute atomic E-state index is 0.125. The van der Waals surface area contributed by atoms with E-state index in [0.717, 1.165) is 27.9 Å². The number of benzene rings is 1. The van der Waals surface area contributed by atoms with Crippen LogP contribution in [0, 0.1) is 0 Å². The third-order valence-corrected chi connectivity index (χ3v) is 4.50. The minimum atomic E-state index is -0.222. The van der Waals surface area contributed by atoms with Crippen LogP contribution in [0.3, 0.4) is 0 Å². The molecule has 0 fully saturated rings. The Labute approximate surface area is 145 Å². The average Bonchev–Trinajstić information content (AvgIpc) is 2.89.